The van der Waals surface area contributed by atoms with E-state index in [1.165, 1.54) is 39.5 Å². The highest BCUT2D eigenvalue weighted by Gasteiger charge is 2.63. The zero-order chi connectivity index (χ0) is 27.5. The number of rotatable bonds is 4. The van der Waals surface area contributed by atoms with Crippen LogP contribution < -0.4 is 19.5 Å². The number of ketones is 2. The Morgan fingerprint density at radius 2 is 1.76 bits per heavy atom. The first-order chi connectivity index (χ1) is 18.1. The molecule has 0 saturated carbocycles. The molecule has 2 N–H and O–H groups in total. The zero-order valence-corrected chi connectivity index (χ0v) is 22.2. The van der Waals surface area contributed by atoms with E-state index in [1.807, 2.05) is 0 Å². The molecule has 3 unspecified atom stereocenters. The topological polar surface area (TPSA) is 120 Å². The average molecular weight is 540 g/mol. The van der Waals surface area contributed by atoms with Gasteiger partial charge in [0.15, 0.2) is 5.75 Å². The van der Waals surface area contributed by atoms with Crippen molar-refractivity contribution in [3.63, 3.8) is 0 Å². The largest absolute Gasteiger partial charge is 0.508 e. The SMILES string of the molecule is COC(=O)C1=C(C)NC2=C(C(=O)C3(Oc4c(Cl)c(OC)cc(OC)c4C3=O)C(C)C2)C1c1ccc(O)cc1. The Labute approximate surface area is 224 Å². The number of Topliss-reactive ketones (excluding diaryl/α,β-unsaturated/α-hetero) is 2. The van der Waals surface area contributed by atoms with Gasteiger partial charge in [0.05, 0.1) is 26.9 Å². The number of hydrogen-bond donors (Lipinski definition) is 2. The fourth-order valence-electron chi connectivity index (χ4n) is 5.66. The third kappa shape index (κ3) is 3.41. The van der Waals surface area contributed by atoms with Gasteiger partial charge >= 0.3 is 5.97 Å². The molecule has 0 aromatic heterocycles. The standard InChI is InChI=1S/C28H26ClNO8/c1-12-10-16-21(20(14-6-8-15(31)9-7-14)19(13(2)30-16)27(34)37-5)25(32)28(12)26(33)22-17(35-3)11-18(36-4)23(29)24(22)38-28/h6-9,11-12,20,30-31H,10H2,1-5H3. The summed E-state index contributed by atoms with van der Waals surface area (Å²) in [6, 6.07) is 7.67. The van der Waals surface area contributed by atoms with Gasteiger partial charge in [-0.15, -0.1) is 0 Å². The lowest BCUT2D eigenvalue weighted by molar-refractivity contribution is -0.136. The van der Waals surface area contributed by atoms with Crippen molar-refractivity contribution in [1.29, 1.82) is 0 Å². The van der Waals surface area contributed by atoms with Crippen LogP contribution in [-0.4, -0.2) is 49.6 Å². The van der Waals surface area contributed by atoms with Crippen LogP contribution >= 0.6 is 11.6 Å². The van der Waals surface area contributed by atoms with Gasteiger partial charge in [0.1, 0.15) is 27.8 Å². The predicted molar refractivity (Wildman–Crippen MR) is 137 cm³/mol. The van der Waals surface area contributed by atoms with E-state index in [-0.39, 0.29) is 51.2 Å². The molecule has 2 heterocycles. The van der Waals surface area contributed by atoms with Crippen LogP contribution in [-0.2, 0) is 14.3 Å². The number of methoxy groups -OCH3 is 3. The monoisotopic (exact) mass is 539 g/mol. The molecule has 0 bridgehead atoms. The van der Waals surface area contributed by atoms with E-state index in [4.69, 9.17) is 30.5 Å². The van der Waals surface area contributed by atoms with Gasteiger partial charge in [0, 0.05) is 34.9 Å². The third-order valence-corrected chi connectivity index (χ3v) is 7.84. The molecule has 0 fully saturated rings. The Hall–Kier alpha value is -3.98. The van der Waals surface area contributed by atoms with Crippen molar-refractivity contribution in [3.8, 4) is 23.0 Å². The van der Waals surface area contributed by atoms with Crippen LogP contribution in [0.4, 0.5) is 0 Å². The molecule has 0 saturated heterocycles. The second kappa shape index (κ2) is 9.09. The van der Waals surface area contributed by atoms with Gasteiger partial charge in [-0.1, -0.05) is 30.7 Å². The highest BCUT2D eigenvalue weighted by Crippen LogP contribution is 2.56. The predicted octanol–water partition coefficient (Wildman–Crippen LogP) is 4.07. The van der Waals surface area contributed by atoms with Gasteiger partial charge in [0.25, 0.3) is 0 Å². The summed E-state index contributed by atoms with van der Waals surface area (Å²) in [6.45, 7) is 3.49. The summed E-state index contributed by atoms with van der Waals surface area (Å²) in [7, 11) is 4.08. The normalized spacial score (nSPS) is 24.1. The van der Waals surface area contributed by atoms with E-state index in [2.05, 4.69) is 5.32 Å². The van der Waals surface area contributed by atoms with Crippen molar-refractivity contribution in [2.75, 3.05) is 21.3 Å². The summed E-state index contributed by atoms with van der Waals surface area (Å²) in [5.74, 6) is -2.82. The summed E-state index contributed by atoms with van der Waals surface area (Å²) in [4.78, 5) is 41.7. The van der Waals surface area contributed by atoms with Crippen LogP contribution in [0.3, 0.4) is 0 Å². The average Bonchev–Trinajstić information content (AvgIpc) is 3.22. The van der Waals surface area contributed by atoms with Gasteiger partial charge in [-0.25, -0.2) is 4.79 Å². The first-order valence-corrected chi connectivity index (χ1v) is 12.3. The number of dihydropyridines is 1. The maximum atomic E-state index is 14.6. The molecule has 3 aliphatic rings. The van der Waals surface area contributed by atoms with Crippen LogP contribution in [0.1, 0.15) is 42.1 Å². The molecular weight excluding hydrogens is 514 g/mol. The highest BCUT2D eigenvalue weighted by molar-refractivity contribution is 6.36. The smallest absolute Gasteiger partial charge is 0.336 e. The number of halogens is 1. The van der Waals surface area contributed by atoms with E-state index in [1.54, 1.807) is 26.0 Å². The molecule has 2 aromatic carbocycles. The molecule has 1 aliphatic carbocycles. The highest BCUT2D eigenvalue weighted by atomic mass is 35.5. The Balaban J connectivity index is 1.71. The van der Waals surface area contributed by atoms with E-state index in [9.17, 15) is 19.5 Å². The summed E-state index contributed by atoms with van der Waals surface area (Å²) in [5.41, 5.74) is 0.231. The number of phenolic OH excluding ortho intramolecular Hbond substituents is 1. The quantitative estimate of drug-likeness (QED) is 0.437. The van der Waals surface area contributed by atoms with Gasteiger partial charge in [-0.2, -0.15) is 0 Å². The molecule has 198 valence electrons. The summed E-state index contributed by atoms with van der Waals surface area (Å²) in [6.07, 6.45) is 0.276. The Bertz CT molecular complexity index is 1460. The summed E-state index contributed by atoms with van der Waals surface area (Å²) < 4.78 is 22.1. The number of carbonyl (C=O) groups is 3. The van der Waals surface area contributed by atoms with Crippen LogP contribution in [0.15, 0.2) is 52.9 Å². The Morgan fingerprint density at radius 1 is 1.11 bits per heavy atom. The number of aromatic hydroxyl groups is 1. The maximum absolute atomic E-state index is 14.6. The summed E-state index contributed by atoms with van der Waals surface area (Å²) >= 11 is 6.54. The number of esters is 1. The minimum Gasteiger partial charge on any atom is -0.508 e. The molecule has 2 aromatic rings. The molecule has 9 nitrogen and oxygen atoms in total. The van der Waals surface area contributed by atoms with Crippen LogP contribution in [0, 0.1) is 5.92 Å². The molecule has 0 amide bonds. The number of hydrogen-bond acceptors (Lipinski definition) is 9. The van der Waals surface area contributed by atoms with Gasteiger partial charge in [-0.3, -0.25) is 9.59 Å². The fourth-order valence-corrected chi connectivity index (χ4v) is 5.92. The Kier molecular flexibility index (Phi) is 6.14. The second-order valence-electron chi connectivity index (χ2n) is 9.47. The first-order valence-electron chi connectivity index (χ1n) is 11.9. The lowest BCUT2D eigenvalue weighted by Gasteiger charge is -2.42. The second-order valence-corrected chi connectivity index (χ2v) is 9.85. The summed E-state index contributed by atoms with van der Waals surface area (Å²) in [5, 5.41) is 13.1. The number of nitrogens with one attached hydrogen (secondary N) is 1. The fraction of sp³-hybridized carbons (Fsp3) is 0.321. The number of fused-ring (bicyclic) bond motifs is 1. The molecule has 3 atom stereocenters. The van der Waals surface area contributed by atoms with Crippen molar-refractivity contribution in [2.24, 2.45) is 5.92 Å². The molecule has 1 spiro atoms. The van der Waals surface area contributed by atoms with Crippen LogP contribution in [0.2, 0.25) is 5.02 Å². The number of phenols is 1. The van der Waals surface area contributed by atoms with Crippen molar-refractivity contribution < 1.29 is 38.4 Å². The lowest BCUT2D eigenvalue weighted by atomic mass is 9.65. The van der Waals surface area contributed by atoms with Crippen molar-refractivity contribution in [1.82, 2.24) is 5.32 Å². The lowest BCUT2D eigenvalue weighted by Crippen LogP contribution is -2.58. The number of allylic oxidation sites excluding steroid dienone is 2. The third-order valence-electron chi connectivity index (χ3n) is 7.48. The van der Waals surface area contributed by atoms with Crippen molar-refractivity contribution in [3.05, 3.63) is 69.0 Å². The van der Waals surface area contributed by atoms with E-state index in [0.29, 0.717) is 17.0 Å². The minimum absolute atomic E-state index is 0.0157. The number of carbonyl (C=O) groups excluding carboxylic acids is 3. The van der Waals surface area contributed by atoms with Crippen LogP contribution in [0.5, 0.6) is 23.0 Å². The van der Waals surface area contributed by atoms with Gasteiger partial charge in [0.2, 0.25) is 17.2 Å². The van der Waals surface area contributed by atoms with E-state index >= 15 is 0 Å². The Morgan fingerprint density at radius 3 is 2.37 bits per heavy atom. The molecular formula is C28H26ClNO8. The zero-order valence-electron chi connectivity index (χ0n) is 21.4. The van der Waals surface area contributed by atoms with Gasteiger partial charge < -0.3 is 29.4 Å². The van der Waals surface area contributed by atoms with Crippen molar-refractivity contribution in [2.45, 2.75) is 31.8 Å². The molecule has 5 rings (SSSR count). The molecule has 2 aliphatic heterocycles. The number of ether oxygens (including phenoxy) is 4. The molecule has 38 heavy (non-hydrogen) atoms. The van der Waals surface area contributed by atoms with Crippen molar-refractivity contribution >= 4 is 29.1 Å². The van der Waals surface area contributed by atoms with E-state index < -0.39 is 35.0 Å². The minimum atomic E-state index is -1.94. The first kappa shape index (κ1) is 25.7. The molecule has 0 radical (unpaired) electrons. The number of benzene rings is 2. The van der Waals surface area contributed by atoms with Crippen LogP contribution in [0.25, 0.3) is 0 Å². The van der Waals surface area contributed by atoms with Gasteiger partial charge in [-0.05, 0) is 31.0 Å². The van der Waals surface area contributed by atoms with E-state index in [0.717, 1.165) is 0 Å². The maximum Gasteiger partial charge on any atom is 0.336 e. The molecule has 10 heteroatoms.